The Hall–Kier alpha value is -0.870. The van der Waals surface area contributed by atoms with Crippen molar-refractivity contribution in [3.05, 3.63) is 24.3 Å². The molecule has 2 atom stereocenters. The molecule has 1 fully saturated rings. The Bertz CT molecular complexity index is 373. The summed E-state index contributed by atoms with van der Waals surface area (Å²) in [4.78, 5) is 0. The molecule has 0 spiro atoms. The fourth-order valence-electron chi connectivity index (χ4n) is 2.10. The fourth-order valence-corrected chi connectivity index (χ4v) is 3.33. The van der Waals surface area contributed by atoms with Gasteiger partial charge in [-0.15, -0.1) is 0 Å². The molecule has 0 saturated carbocycles. The van der Waals surface area contributed by atoms with Crippen molar-refractivity contribution < 1.29 is 9.47 Å². The highest BCUT2D eigenvalue weighted by Crippen LogP contribution is 2.25. The van der Waals surface area contributed by atoms with E-state index >= 15 is 0 Å². The van der Waals surface area contributed by atoms with Crippen molar-refractivity contribution >= 4 is 11.8 Å². The van der Waals surface area contributed by atoms with Crippen LogP contribution >= 0.6 is 11.8 Å². The highest BCUT2D eigenvalue weighted by atomic mass is 32.2. The van der Waals surface area contributed by atoms with Crippen molar-refractivity contribution in [1.82, 2.24) is 5.32 Å². The maximum absolute atomic E-state index is 5.69. The first kappa shape index (κ1) is 13.6. The van der Waals surface area contributed by atoms with Crippen LogP contribution in [0.1, 0.15) is 13.3 Å². The van der Waals surface area contributed by atoms with Gasteiger partial charge in [0.25, 0.3) is 0 Å². The van der Waals surface area contributed by atoms with Gasteiger partial charge in [-0.1, -0.05) is 13.0 Å². The van der Waals surface area contributed by atoms with Gasteiger partial charge in [-0.05, 0) is 24.3 Å². The van der Waals surface area contributed by atoms with E-state index in [1.807, 2.05) is 36.0 Å². The molecule has 1 aromatic rings. The molecule has 0 aromatic heterocycles. The average Bonchev–Trinajstić information content (AvgIpc) is 2.81. The third-order valence-corrected chi connectivity index (χ3v) is 4.52. The monoisotopic (exact) mass is 267 g/mol. The molecule has 18 heavy (non-hydrogen) atoms. The zero-order valence-electron chi connectivity index (χ0n) is 11.0. The van der Waals surface area contributed by atoms with E-state index in [1.54, 1.807) is 7.11 Å². The molecule has 1 heterocycles. The molecule has 1 aromatic carbocycles. The van der Waals surface area contributed by atoms with Crippen LogP contribution in [0.25, 0.3) is 0 Å². The van der Waals surface area contributed by atoms with E-state index in [-0.39, 0.29) is 0 Å². The van der Waals surface area contributed by atoms with Crippen LogP contribution in [0.5, 0.6) is 11.5 Å². The van der Waals surface area contributed by atoms with Crippen LogP contribution in [0.4, 0.5) is 0 Å². The van der Waals surface area contributed by atoms with Gasteiger partial charge in [0.2, 0.25) is 0 Å². The number of ether oxygens (including phenoxy) is 2. The van der Waals surface area contributed by atoms with Gasteiger partial charge in [0.15, 0.2) is 0 Å². The Labute approximate surface area is 113 Å². The molecule has 0 aliphatic carbocycles. The molecule has 0 unspecified atom stereocenters. The summed E-state index contributed by atoms with van der Waals surface area (Å²) in [5.74, 6) is 2.97. The maximum Gasteiger partial charge on any atom is 0.123 e. The summed E-state index contributed by atoms with van der Waals surface area (Å²) in [5, 5.41) is 4.28. The van der Waals surface area contributed by atoms with Gasteiger partial charge in [0, 0.05) is 23.9 Å². The predicted molar refractivity (Wildman–Crippen MR) is 76.8 cm³/mol. The summed E-state index contributed by atoms with van der Waals surface area (Å²) in [6.07, 6.45) is 1.27. The molecule has 0 amide bonds. The molecule has 0 bridgehead atoms. The van der Waals surface area contributed by atoms with Gasteiger partial charge in [-0.25, -0.2) is 0 Å². The SMILES string of the molecule is COc1cccc(OCCN[C@H]2CCS[C@H]2C)c1. The second-order valence-electron chi connectivity index (χ2n) is 4.45. The van der Waals surface area contributed by atoms with Crippen LogP contribution in [-0.2, 0) is 0 Å². The van der Waals surface area contributed by atoms with Gasteiger partial charge < -0.3 is 14.8 Å². The number of thioether (sulfide) groups is 1. The molecular weight excluding hydrogens is 246 g/mol. The van der Waals surface area contributed by atoms with E-state index in [0.717, 1.165) is 23.3 Å². The first-order chi connectivity index (χ1) is 8.79. The van der Waals surface area contributed by atoms with Gasteiger partial charge in [-0.2, -0.15) is 11.8 Å². The first-order valence-electron chi connectivity index (χ1n) is 6.41. The molecule has 100 valence electrons. The van der Waals surface area contributed by atoms with Crippen molar-refractivity contribution in [1.29, 1.82) is 0 Å². The minimum atomic E-state index is 0.643. The smallest absolute Gasteiger partial charge is 0.123 e. The Kier molecular flexibility index (Phi) is 5.20. The molecule has 1 N–H and O–H groups in total. The second kappa shape index (κ2) is 6.90. The zero-order chi connectivity index (χ0) is 12.8. The van der Waals surface area contributed by atoms with Gasteiger partial charge >= 0.3 is 0 Å². The normalized spacial score (nSPS) is 23.0. The van der Waals surface area contributed by atoms with Crippen molar-refractivity contribution in [2.24, 2.45) is 0 Å². The molecule has 4 heteroatoms. The third kappa shape index (κ3) is 3.82. The number of methoxy groups -OCH3 is 1. The summed E-state index contributed by atoms with van der Waals surface area (Å²) >= 11 is 2.04. The second-order valence-corrected chi connectivity index (χ2v) is 5.94. The van der Waals surface area contributed by atoms with E-state index in [4.69, 9.17) is 9.47 Å². The molecule has 1 saturated heterocycles. The Morgan fingerprint density at radius 1 is 1.39 bits per heavy atom. The van der Waals surface area contributed by atoms with Crippen LogP contribution in [0, 0.1) is 0 Å². The van der Waals surface area contributed by atoms with E-state index in [0.29, 0.717) is 12.6 Å². The van der Waals surface area contributed by atoms with Crippen molar-refractivity contribution in [2.75, 3.05) is 26.0 Å². The summed E-state index contributed by atoms with van der Waals surface area (Å²) in [6, 6.07) is 8.37. The quantitative estimate of drug-likeness (QED) is 0.803. The zero-order valence-corrected chi connectivity index (χ0v) is 11.8. The standard InChI is InChI=1S/C14H21NO2S/c1-11-14(6-9-18-11)15-7-8-17-13-5-3-4-12(10-13)16-2/h3-5,10-11,14-15H,6-9H2,1-2H3/t11-,14-/m0/s1. The van der Waals surface area contributed by atoms with Crippen molar-refractivity contribution in [2.45, 2.75) is 24.6 Å². The molecule has 3 nitrogen and oxygen atoms in total. The predicted octanol–water partition coefficient (Wildman–Crippen LogP) is 2.56. The van der Waals surface area contributed by atoms with Gasteiger partial charge in [-0.3, -0.25) is 0 Å². The van der Waals surface area contributed by atoms with Crippen LogP contribution in [0.3, 0.4) is 0 Å². The van der Waals surface area contributed by atoms with E-state index in [9.17, 15) is 0 Å². The number of nitrogens with one attached hydrogen (secondary N) is 1. The number of hydrogen-bond donors (Lipinski definition) is 1. The third-order valence-electron chi connectivity index (χ3n) is 3.19. The van der Waals surface area contributed by atoms with E-state index in [1.165, 1.54) is 12.2 Å². The summed E-state index contributed by atoms with van der Waals surface area (Å²) in [5.41, 5.74) is 0. The highest BCUT2D eigenvalue weighted by molar-refractivity contribution is 8.00. The van der Waals surface area contributed by atoms with Crippen LogP contribution in [0.15, 0.2) is 24.3 Å². The van der Waals surface area contributed by atoms with Crippen molar-refractivity contribution in [3.63, 3.8) is 0 Å². The van der Waals surface area contributed by atoms with Crippen LogP contribution in [-0.4, -0.2) is 37.3 Å². The van der Waals surface area contributed by atoms with E-state index < -0.39 is 0 Å². The molecule has 1 aliphatic heterocycles. The first-order valence-corrected chi connectivity index (χ1v) is 7.46. The lowest BCUT2D eigenvalue weighted by Gasteiger charge is -2.16. The fraction of sp³-hybridized carbons (Fsp3) is 0.571. The Morgan fingerprint density at radius 3 is 2.94 bits per heavy atom. The minimum Gasteiger partial charge on any atom is -0.497 e. The van der Waals surface area contributed by atoms with Crippen LogP contribution < -0.4 is 14.8 Å². The number of benzene rings is 1. The average molecular weight is 267 g/mol. The lowest BCUT2D eigenvalue weighted by molar-refractivity contribution is 0.302. The maximum atomic E-state index is 5.69. The van der Waals surface area contributed by atoms with Gasteiger partial charge in [0.1, 0.15) is 18.1 Å². The Balaban J connectivity index is 1.68. The molecular formula is C14H21NO2S. The van der Waals surface area contributed by atoms with Gasteiger partial charge in [0.05, 0.1) is 7.11 Å². The lowest BCUT2D eigenvalue weighted by atomic mass is 10.2. The Morgan fingerprint density at radius 2 is 2.22 bits per heavy atom. The van der Waals surface area contributed by atoms with E-state index in [2.05, 4.69) is 12.2 Å². The van der Waals surface area contributed by atoms with Crippen molar-refractivity contribution in [3.8, 4) is 11.5 Å². The molecule has 1 aliphatic rings. The molecule has 2 rings (SSSR count). The van der Waals surface area contributed by atoms with Crippen LogP contribution in [0.2, 0.25) is 0 Å². The largest absolute Gasteiger partial charge is 0.497 e. The number of hydrogen-bond acceptors (Lipinski definition) is 4. The summed E-state index contributed by atoms with van der Waals surface area (Å²) < 4.78 is 10.9. The summed E-state index contributed by atoms with van der Waals surface area (Å²) in [6.45, 7) is 3.88. The summed E-state index contributed by atoms with van der Waals surface area (Å²) in [7, 11) is 1.67. The number of rotatable bonds is 6. The molecule has 0 radical (unpaired) electrons. The lowest BCUT2D eigenvalue weighted by Crippen LogP contribution is -2.36. The minimum absolute atomic E-state index is 0.643. The highest BCUT2D eigenvalue weighted by Gasteiger charge is 2.22. The topological polar surface area (TPSA) is 30.5 Å².